The average Bonchev–Trinajstić information content (AvgIpc) is 2.47. The van der Waals surface area contributed by atoms with Crippen molar-refractivity contribution in [3.05, 3.63) is 33.8 Å². The molecular formula is C16H25Cl2NO2. The van der Waals surface area contributed by atoms with Gasteiger partial charge in [0.15, 0.2) is 0 Å². The highest BCUT2D eigenvalue weighted by atomic mass is 35.5. The summed E-state index contributed by atoms with van der Waals surface area (Å²) in [5.41, 5.74) is 1.08. The zero-order valence-corrected chi connectivity index (χ0v) is 14.3. The van der Waals surface area contributed by atoms with Crippen molar-refractivity contribution in [2.24, 2.45) is 0 Å². The largest absolute Gasteiger partial charge is 0.382 e. The van der Waals surface area contributed by atoms with Crippen LogP contribution in [0.3, 0.4) is 0 Å². The number of benzene rings is 1. The van der Waals surface area contributed by atoms with E-state index in [4.69, 9.17) is 32.7 Å². The first-order valence-electron chi connectivity index (χ1n) is 7.41. The predicted octanol–water partition coefficient (Wildman–Crippen LogP) is 3.96. The van der Waals surface area contributed by atoms with Crippen LogP contribution in [0.5, 0.6) is 0 Å². The molecule has 0 spiro atoms. The van der Waals surface area contributed by atoms with Gasteiger partial charge in [-0.25, -0.2) is 0 Å². The van der Waals surface area contributed by atoms with Gasteiger partial charge in [-0.15, -0.1) is 0 Å². The van der Waals surface area contributed by atoms with Gasteiger partial charge in [-0.2, -0.15) is 0 Å². The van der Waals surface area contributed by atoms with E-state index in [9.17, 15) is 0 Å². The van der Waals surface area contributed by atoms with Crippen molar-refractivity contribution in [2.45, 2.75) is 32.2 Å². The number of rotatable bonds is 11. The highest BCUT2D eigenvalue weighted by Gasteiger charge is 2.11. The van der Waals surface area contributed by atoms with Crippen LogP contribution in [0.25, 0.3) is 0 Å². The Kier molecular flexibility index (Phi) is 10.1. The summed E-state index contributed by atoms with van der Waals surface area (Å²) in [6.07, 6.45) is 2.89. The summed E-state index contributed by atoms with van der Waals surface area (Å²) in [5.74, 6) is 0. The topological polar surface area (TPSA) is 30.5 Å². The fraction of sp³-hybridized carbons (Fsp3) is 0.625. The summed E-state index contributed by atoms with van der Waals surface area (Å²) < 4.78 is 10.5. The van der Waals surface area contributed by atoms with E-state index in [1.807, 2.05) is 18.2 Å². The molecule has 0 heterocycles. The van der Waals surface area contributed by atoms with Gasteiger partial charge in [0.25, 0.3) is 0 Å². The van der Waals surface area contributed by atoms with Crippen molar-refractivity contribution in [3.8, 4) is 0 Å². The molecule has 0 aromatic heterocycles. The van der Waals surface area contributed by atoms with Crippen LogP contribution in [-0.2, 0) is 15.9 Å². The maximum atomic E-state index is 6.24. The standard InChI is InChI=1S/C16H25Cl2NO2/c1-3-7-19-15(6-8-21-10-9-20-2)12-13-11-14(17)4-5-16(13)18/h4-5,11,15,19H,3,6-10,12H2,1-2H3. The lowest BCUT2D eigenvalue weighted by Gasteiger charge is -2.19. The lowest BCUT2D eigenvalue weighted by atomic mass is 10.0. The second kappa shape index (κ2) is 11.3. The van der Waals surface area contributed by atoms with Crippen LogP contribution in [0.15, 0.2) is 18.2 Å². The summed E-state index contributed by atoms with van der Waals surface area (Å²) >= 11 is 12.3. The van der Waals surface area contributed by atoms with Crippen molar-refractivity contribution < 1.29 is 9.47 Å². The molecule has 0 saturated heterocycles. The fourth-order valence-electron chi connectivity index (χ4n) is 2.06. The van der Waals surface area contributed by atoms with Gasteiger partial charge in [0.1, 0.15) is 0 Å². The van der Waals surface area contributed by atoms with E-state index in [0.29, 0.717) is 25.9 Å². The second-order valence-corrected chi connectivity index (χ2v) is 5.83. The number of ether oxygens (including phenoxy) is 2. The van der Waals surface area contributed by atoms with Crippen LogP contribution in [0.2, 0.25) is 10.0 Å². The molecule has 1 aromatic rings. The van der Waals surface area contributed by atoms with Gasteiger partial charge in [-0.1, -0.05) is 30.1 Å². The monoisotopic (exact) mass is 333 g/mol. The normalized spacial score (nSPS) is 12.6. The van der Waals surface area contributed by atoms with E-state index in [2.05, 4.69) is 12.2 Å². The van der Waals surface area contributed by atoms with Crippen molar-refractivity contribution in [3.63, 3.8) is 0 Å². The Morgan fingerprint density at radius 3 is 2.71 bits per heavy atom. The molecule has 0 aliphatic carbocycles. The van der Waals surface area contributed by atoms with Crippen LogP contribution in [0, 0.1) is 0 Å². The van der Waals surface area contributed by atoms with Crippen molar-refractivity contribution in [1.29, 1.82) is 0 Å². The third kappa shape index (κ3) is 8.03. The Balaban J connectivity index is 2.50. The Morgan fingerprint density at radius 1 is 1.19 bits per heavy atom. The summed E-state index contributed by atoms with van der Waals surface area (Å²) in [6.45, 7) is 5.12. The zero-order chi connectivity index (χ0) is 15.5. The van der Waals surface area contributed by atoms with Crippen molar-refractivity contribution in [1.82, 2.24) is 5.32 Å². The molecule has 1 aromatic carbocycles. The molecule has 3 nitrogen and oxygen atoms in total. The van der Waals surface area contributed by atoms with Gasteiger partial charge in [0, 0.05) is 29.8 Å². The summed E-state index contributed by atoms with van der Waals surface area (Å²) in [4.78, 5) is 0. The van der Waals surface area contributed by atoms with E-state index in [-0.39, 0.29) is 0 Å². The minimum atomic E-state index is 0.337. The smallest absolute Gasteiger partial charge is 0.0700 e. The summed E-state index contributed by atoms with van der Waals surface area (Å²) in [6, 6.07) is 5.94. The van der Waals surface area contributed by atoms with Gasteiger partial charge >= 0.3 is 0 Å². The van der Waals surface area contributed by atoms with E-state index in [1.54, 1.807) is 7.11 Å². The Hall–Kier alpha value is -0.320. The molecular weight excluding hydrogens is 309 g/mol. The lowest BCUT2D eigenvalue weighted by molar-refractivity contribution is 0.0658. The van der Waals surface area contributed by atoms with Gasteiger partial charge in [-0.3, -0.25) is 0 Å². The first-order chi connectivity index (χ1) is 10.2. The summed E-state index contributed by atoms with van der Waals surface area (Å²) in [7, 11) is 1.68. The van der Waals surface area contributed by atoms with Gasteiger partial charge in [-0.05, 0) is 49.6 Å². The van der Waals surface area contributed by atoms with Crippen LogP contribution >= 0.6 is 23.2 Å². The molecule has 1 rings (SSSR count). The molecule has 0 saturated carbocycles. The first-order valence-corrected chi connectivity index (χ1v) is 8.17. The first kappa shape index (κ1) is 18.7. The highest BCUT2D eigenvalue weighted by molar-refractivity contribution is 6.33. The van der Waals surface area contributed by atoms with Gasteiger partial charge in [0.2, 0.25) is 0 Å². The van der Waals surface area contributed by atoms with E-state index < -0.39 is 0 Å². The molecule has 0 amide bonds. The Morgan fingerprint density at radius 2 is 2.00 bits per heavy atom. The number of hydrogen-bond acceptors (Lipinski definition) is 3. The molecule has 21 heavy (non-hydrogen) atoms. The van der Waals surface area contributed by atoms with Crippen LogP contribution in [0.1, 0.15) is 25.3 Å². The van der Waals surface area contributed by atoms with E-state index in [1.165, 1.54) is 0 Å². The summed E-state index contributed by atoms with van der Waals surface area (Å²) in [5, 5.41) is 5.03. The van der Waals surface area contributed by atoms with Gasteiger partial charge < -0.3 is 14.8 Å². The van der Waals surface area contributed by atoms with Crippen LogP contribution in [-0.4, -0.2) is 39.5 Å². The molecule has 0 bridgehead atoms. The molecule has 0 fully saturated rings. The molecule has 0 aliphatic heterocycles. The third-order valence-corrected chi connectivity index (χ3v) is 3.80. The molecule has 0 aliphatic rings. The lowest BCUT2D eigenvalue weighted by Crippen LogP contribution is -2.33. The van der Waals surface area contributed by atoms with Crippen molar-refractivity contribution >= 4 is 23.2 Å². The molecule has 1 atom stereocenters. The van der Waals surface area contributed by atoms with Crippen LogP contribution in [0.4, 0.5) is 0 Å². The number of hydrogen-bond donors (Lipinski definition) is 1. The SMILES string of the molecule is CCCNC(CCOCCOC)Cc1cc(Cl)ccc1Cl. The Bertz CT molecular complexity index is 402. The number of methoxy groups -OCH3 is 1. The van der Waals surface area contributed by atoms with Crippen molar-refractivity contribution in [2.75, 3.05) is 33.5 Å². The minimum absolute atomic E-state index is 0.337. The molecule has 1 N–H and O–H groups in total. The number of halogens is 2. The molecule has 120 valence electrons. The quantitative estimate of drug-likeness (QED) is 0.622. The highest BCUT2D eigenvalue weighted by Crippen LogP contribution is 2.22. The fourth-order valence-corrected chi connectivity index (χ4v) is 2.45. The van der Waals surface area contributed by atoms with E-state index >= 15 is 0 Å². The maximum absolute atomic E-state index is 6.24. The molecule has 5 heteroatoms. The maximum Gasteiger partial charge on any atom is 0.0700 e. The minimum Gasteiger partial charge on any atom is -0.382 e. The second-order valence-electron chi connectivity index (χ2n) is 4.98. The molecule has 0 radical (unpaired) electrons. The predicted molar refractivity (Wildman–Crippen MR) is 89.6 cm³/mol. The van der Waals surface area contributed by atoms with Gasteiger partial charge in [0.05, 0.1) is 13.2 Å². The molecule has 1 unspecified atom stereocenters. The third-order valence-electron chi connectivity index (χ3n) is 3.20. The average molecular weight is 334 g/mol. The number of nitrogens with one attached hydrogen (secondary N) is 1. The zero-order valence-electron chi connectivity index (χ0n) is 12.8. The Labute approximate surface area is 137 Å². The van der Waals surface area contributed by atoms with Crippen LogP contribution < -0.4 is 5.32 Å². The van der Waals surface area contributed by atoms with E-state index in [0.717, 1.165) is 41.4 Å².